The molecule has 0 amide bonds. The lowest BCUT2D eigenvalue weighted by atomic mass is 10.1. The molecule has 1 rings (SSSR count). The van der Waals surface area contributed by atoms with Gasteiger partial charge in [-0.1, -0.05) is 0 Å². The van der Waals surface area contributed by atoms with Crippen LogP contribution in [0.15, 0.2) is 16.6 Å². The van der Waals surface area contributed by atoms with Gasteiger partial charge < -0.3 is 4.74 Å². The first-order chi connectivity index (χ1) is 6.07. The number of ether oxygens (including phenoxy) is 1. The Bertz CT molecular complexity index is 350. The Morgan fingerprint density at radius 2 is 2.15 bits per heavy atom. The van der Waals surface area contributed by atoms with Gasteiger partial charge in [0.05, 0.1) is 12.7 Å². The van der Waals surface area contributed by atoms with Gasteiger partial charge in [0.25, 0.3) is 0 Å². The maximum absolute atomic E-state index is 11.3. The van der Waals surface area contributed by atoms with E-state index in [9.17, 15) is 4.79 Å². The van der Waals surface area contributed by atoms with Crippen molar-refractivity contribution < 1.29 is 9.53 Å². The van der Waals surface area contributed by atoms with Crippen LogP contribution >= 0.6 is 38.5 Å². The number of rotatable bonds is 1. The fourth-order valence-electron chi connectivity index (χ4n) is 0.983. The molecule has 1 aromatic carbocycles. The Kier molecular flexibility index (Phi) is 3.73. The van der Waals surface area contributed by atoms with Gasteiger partial charge in [0.1, 0.15) is 0 Å². The smallest absolute Gasteiger partial charge is 0.338 e. The first-order valence-electron chi connectivity index (χ1n) is 3.61. The molecule has 0 aromatic heterocycles. The third-order valence-corrected chi connectivity index (χ3v) is 4.54. The molecule has 4 heteroatoms. The topological polar surface area (TPSA) is 26.3 Å². The van der Waals surface area contributed by atoms with Gasteiger partial charge in [0, 0.05) is 8.04 Å². The van der Waals surface area contributed by atoms with Crippen LogP contribution in [-0.2, 0) is 4.74 Å². The molecule has 0 spiro atoms. The van der Waals surface area contributed by atoms with Crippen LogP contribution in [-0.4, -0.2) is 13.1 Å². The first-order valence-corrected chi connectivity index (χ1v) is 5.48. The Morgan fingerprint density at radius 1 is 1.54 bits per heavy atom. The van der Waals surface area contributed by atoms with Crippen molar-refractivity contribution in [3.05, 3.63) is 31.3 Å². The highest BCUT2D eigenvalue weighted by Gasteiger charge is 2.12. The molecule has 0 bridgehead atoms. The average molecular weight is 355 g/mol. The molecule has 0 aliphatic carbocycles. The molecule has 0 unspecified atom stereocenters. The summed E-state index contributed by atoms with van der Waals surface area (Å²) in [5.74, 6) is -0.289. The largest absolute Gasteiger partial charge is 0.465 e. The molecular weight excluding hydrogens is 347 g/mol. The van der Waals surface area contributed by atoms with E-state index in [2.05, 4.69) is 43.3 Å². The summed E-state index contributed by atoms with van der Waals surface area (Å²) in [5.41, 5.74) is 1.57. The summed E-state index contributed by atoms with van der Waals surface area (Å²) >= 11 is 5.58. The summed E-state index contributed by atoms with van der Waals surface area (Å²) in [6.07, 6.45) is 0. The molecule has 0 fully saturated rings. The SMILES string of the molecule is COC(=O)c1ccc(Br)c(I)c1C. The van der Waals surface area contributed by atoms with E-state index in [1.165, 1.54) is 7.11 Å². The van der Waals surface area contributed by atoms with Crippen LogP contribution in [0.4, 0.5) is 0 Å². The van der Waals surface area contributed by atoms with Crippen LogP contribution in [0.2, 0.25) is 0 Å². The number of hydrogen-bond donors (Lipinski definition) is 0. The third-order valence-electron chi connectivity index (χ3n) is 1.74. The normalized spacial score (nSPS) is 9.85. The van der Waals surface area contributed by atoms with E-state index in [0.29, 0.717) is 5.56 Å². The van der Waals surface area contributed by atoms with Crippen LogP contribution in [0.3, 0.4) is 0 Å². The lowest BCUT2D eigenvalue weighted by Crippen LogP contribution is -2.04. The second kappa shape index (κ2) is 4.41. The summed E-state index contributed by atoms with van der Waals surface area (Å²) in [6, 6.07) is 3.61. The van der Waals surface area contributed by atoms with Gasteiger partial charge in [-0.2, -0.15) is 0 Å². The van der Waals surface area contributed by atoms with E-state index in [1.807, 2.05) is 13.0 Å². The van der Waals surface area contributed by atoms with E-state index in [1.54, 1.807) is 6.07 Å². The molecule has 0 atom stereocenters. The minimum Gasteiger partial charge on any atom is -0.465 e. The van der Waals surface area contributed by atoms with Crippen molar-refractivity contribution >= 4 is 44.5 Å². The predicted octanol–water partition coefficient (Wildman–Crippen LogP) is 3.15. The van der Waals surface area contributed by atoms with Gasteiger partial charge in [-0.05, 0) is 63.1 Å². The lowest BCUT2D eigenvalue weighted by molar-refractivity contribution is 0.0600. The van der Waals surface area contributed by atoms with Gasteiger partial charge >= 0.3 is 5.97 Å². The molecule has 2 nitrogen and oxygen atoms in total. The number of methoxy groups -OCH3 is 1. The number of esters is 1. The van der Waals surface area contributed by atoms with Crippen LogP contribution in [0.5, 0.6) is 0 Å². The average Bonchev–Trinajstić information content (AvgIpc) is 2.13. The second-order valence-electron chi connectivity index (χ2n) is 2.53. The maximum atomic E-state index is 11.3. The molecule has 13 heavy (non-hydrogen) atoms. The third kappa shape index (κ3) is 2.22. The predicted molar refractivity (Wildman–Crippen MR) is 62.9 cm³/mol. The number of carbonyl (C=O) groups is 1. The van der Waals surface area contributed by atoms with E-state index < -0.39 is 0 Å². The van der Waals surface area contributed by atoms with Gasteiger partial charge in [-0.25, -0.2) is 4.79 Å². The summed E-state index contributed by atoms with van der Waals surface area (Å²) < 4.78 is 6.69. The maximum Gasteiger partial charge on any atom is 0.338 e. The highest BCUT2D eigenvalue weighted by molar-refractivity contribution is 14.1. The Hall–Kier alpha value is -0.100. The van der Waals surface area contributed by atoms with E-state index in [4.69, 9.17) is 0 Å². The Labute approximate surface area is 98.9 Å². The van der Waals surface area contributed by atoms with Crippen molar-refractivity contribution in [2.75, 3.05) is 7.11 Å². The van der Waals surface area contributed by atoms with Crippen LogP contribution in [0, 0.1) is 10.5 Å². The van der Waals surface area contributed by atoms with Crippen molar-refractivity contribution in [1.29, 1.82) is 0 Å². The fraction of sp³-hybridized carbons (Fsp3) is 0.222. The van der Waals surface area contributed by atoms with Crippen molar-refractivity contribution in [2.24, 2.45) is 0 Å². The van der Waals surface area contributed by atoms with Crippen molar-refractivity contribution in [1.82, 2.24) is 0 Å². The lowest BCUT2D eigenvalue weighted by Gasteiger charge is -2.06. The van der Waals surface area contributed by atoms with Crippen LogP contribution in [0.25, 0.3) is 0 Å². The molecule has 1 aromatic rings. The highest BCUT2D eigenvalue weighted by atomic mass is 127. The summed E-state index contributed by atoms with van der Waals surface area (Å²) in [7, 11) is 1.39. The van der Waals surface area contributed by atoms with Crippen molar-refractivity contribution in [3.63, 3.8) is 0 Å². The summed E-state index contributed by atoms with van der Waals surface area (Å²) in [4.78, 5) is 11.3. The minimum atomic E-state index is -0.289. The zero-order valence-electron chi connectivity index (χ0n) is 7.23. The molecule has 0 aliphatic heterocycles. The number of hydrogen-bond acceptors (Lipinski definition) is 2. The molecular formula is C9H8BrIO2. The standard InChI is InChI=1S/C9H8BrIO2/c1-5-6(9(12)13-2)3-4-7(10)8(5)11/h3-4H,1-2H3. The number of benzene rings is 1. The zero-order chi connectivity index (χ0) is 10.0. The highest BCUT2D eigenvalue weighted by Crippen LogP contribution is 2.25. The van der Waals surface area contributed by atoms with E-state index in [-0.39, 0.29) is 5.97 Å². The molecule has 70 valence electrons. The number of carbonyl (C=O) groups excluding carboxylic acids is 1. The Morgan fingerprint density at radius 3 is 2.69 bits per heavy atom. The monoisotopic (exact) mass is 354 g/mol. The molecule has 0 radical (unpaired) electrons. The van der Waals surface area contributed by atoms with Gasteiger partial charge in [-0.3, -0.25) is 0 Å². The Balaban J connectivity index is 3.26. The molecule has 0 aliphatic rings. The molecule has 0 N–H and O–H groups in total. The second-order valence-corrected chi connectivity index (χ2v) is 4.46. The first kappa shape index (κ1) is 11.0. The van der Waals surface area contributed by atoms with Gasteiger partial charge in [0.2, 0.25) is 0 Å². The van der Waals surface area contributed by atoms with Gasteiger partial charge in [-0.15, -0.1) is 0 Å². The molecule has 0 saturated carbocycles. The van der Waals surface area contributed by atoms with Crippen molar-refractivity contribution in [3.8, 4) is 0 Å². The van der Waals surface area contributed by atoms with Crippen molar-refractivity contribution in [2.45, 2.75) is 6.92 Å². The zero-order valence-corrected chi connectivity index (χ0v) is 11.0. The van der Waals surface area contributed by atoms with Crippen LogP contribution < -0.4 is 0 Å². The van der Waals surface area contributed by atoms with Gasteiger partial charge in [0.15, 0.2) is 0 Å². The van der Waals surface area contributed by atoms with E-state index in [0.717, 1.165) is 13.6 Å². The number of halogens is 2. The summed E-state index contributed by atoms with van der Waals surface area (Å²) in [5, 5.41) is 0. The molecule has 0 heterocycles. The van der Waals surface area contributed by atoms with Crippen LogP contribution in [0.1, 0.15) is 15.9 Å². The quantitative estimate of drug-likeness (QED) is 0.572. The summed E-state index contributed by atoms with van der Waals surface area (Å²) in [6.45, 7) is 1.90. The fourth-order valence-corrected chi connectivity index (χ4v) is 1.88. The minimum absolute atomic E-state index is 0.289. The molecule has 0 saturated heterocycles. The van der Waals surface area contributed by atoms with E-state index >= 15 is 0 Å².